The number of nitrogens with zero attached hydrogens (tertiary/aromatic N) is 1. The average Bonchev–Trinajstić information content (AvgIpc) is 2.93. The average molecular weight is 335 g/mol. The van der Waals surface area contributed by atoms with E-state index in [9.17, 15) is 14.0 Å². The zero-order valence-electron chi connectivity index (χ0n) is 13.9. The Labute approximate surface area is 138 Å². The zero-order valence-corrected chi connectivity index (χ0v) is 13.9. The molecule has 0 aliphatic rings. The minimum Gasteiger partial charge on any atom is -0.497 e. The first-order chi connectivity index (χ1) is 11.4. The number of rotatable bonds is 5. The third-order valence-corrected chi connectivity index (χ3v) is 3.52. The summed E-state index contributed by atoms with van der Waals surface area (Å²) in [6.07, 6.45) is 0. The van der Waals surface area contributed by atoms with Crippen molar-refractivity contribution >= 4 is 11.9 Å². The third-order valence-electron chi connectivity index (χ3n) is 3.52. The summed E-state index contributed by atoms with van der Waals surface area (Å²) in [4.78, 5) is 25.2. The van der Waals surface area contributed by atoms with Crippen molar-refractivity contribution in [3.63, 3.8) is 0 Å². The molecule has 1 amide bonds. The number of esters is 1. The fourth-order valence-electron chi connectivity index (χ4n) is 2.24. The van der Waals surface area contributed by atoms with E-state index in [1.165, 1.54) is 44.4 Å². The Hall–Kier alpha value is -2.83. The van der Waals surface area contributed by atoms with E-state index in [2.05, 4.69) is 4.74 Å². The molecule has 0 unspecified atom stereocenters. The van der Waals surface area contributed by atoms with Gasteiger partial charge in [0.1, 0.15) is 28.7 Å². The third kappa shape index (κ3) is 3.56. The van der Waals surface area contributed by atoms with Crippen molar-refractivity contribution in [1.82, 2.24) is 4.90 Å². The van der Waals surface area contributed by atoms with Gasteiger partial charge in [-0.1, -0.05) is 0 Å². The van der Waals surface area contributed by atoms with Crippen molar-refractivity contribution < 1.29 is 27.9 Å². The Morgan fingerprint density at radius 1 is 1.21 bits per heavy atom. The fourth-order valence-corrected chi connectivity index (χ4v) is 2.24. The molecule has 7 heteroatoms. The summed E-state index contributed by atoms with van der Waals surface area (Å²) < 4.78 is 29.0. The second-order valence-electron chi connectivity index (χ2n) is 5.18. The van der Waals surface area contributed by atoms with Crippen molar-refractivity contribution in [2.45, 2.75) is 13.5 Å². The monoisotopic (exact) mass is 335 g/mol. The topological polar surface area (TPSA) is 69.0 Å². The maximum absolute atomic E-state index is 14.0. The van der Waals surface area contributed by atoms with Gasteiger partial charge in [-0.15, -0.1) is 0 Å². The van der Waals surface area contributed by atoms with E-state index >= 15 is 0 Å². The molecular weight excluding hydrogens is 317 g/mol. The molecule has 0 N–H and O–H groups in total. The summed E-state index contributed by atoms with van der Waals surface area (Å²) in [5.41, 5.74) is 0.221. The molecule has 2 aromatic rings. The number of ether oxygens (including phenoxy) is 2. The standard InChI is InChI=1S/C17H18FNO5/c1-10-14(17(21)23-4)7-12(24-10)9-19(2)16(20)13-6-5-11(22-3)8-15(13)18/h5-8H,9H2,1-4H3. The van der Waals surface area contributed by atoms with Gasteiger partial charge in [-0.05, 0) is 25.1 Å². The van der Waals surface area contributed by atoms with Crippen LogP contribution in [-0.4, -0.2) is 38.0 Å². The Morgan fingerprint density at radius 3 is 2.50 bits per heavy atom. The lowest BCUT2D eigenvalue weighted by molar-refractivity contribution is 0.0598. The van der Waals surface area contributed by atoms with Gasteiger partial charge >= 0.3 is 5.97 Å². The number of amides is 1. The van der Waals surface area contributed by atoms with Crippen LogP contribution < -0.4 is 4.74 Å². The number of furan rings is 1. The second kappa shape index (κ2) is 7.16. The summed E-state index contributed by atoms with van der Waals surface area (Å²) in [5, 5.41) is 0. The van der Waals surface area contributed by atoms with Crippen LogP contribution in [0.5, 0.6) is 5.75 Å². The molecule has 0 fully saturated rings. The minimum absolute atomic E-state index is 0.0743. The van der Waals surface area contributed by atoms with Crippen molar-refractivity contribution in [3.05, 3.63) is 52.7 Å². The van der Waals surface area contributed by atoms with Crippen LogP contribution in [-0.2, 0) is 11.3 Å². The minimum atomic E-state index is -0.669. The van der Waals surface area contributed by atoms with E-state index in [1.807, 2.05) is 0 Å². The SMILES string of the molecule is COC(=O)c1cc(CN(C)C(=O)c2ccc(OC)cc2F)oc1C. The van der Waals surface area contributed by atoms with Crippen LogP contribution in [0.4, 0.5) is 4.39 Å². The van der Waals surface area contributed by atoms with Crippen LogP contribution in [0.3, 0.4) is 0 Å². The second-order valence-corrected chi connectivity index (χ2v) is 5.18. The first-order valence-corrected chi connectivity index (χ1v) is 7.14. The first-order valence-electron chi connectivity index (χ1n) is 7.14. The lowest BCUT2D eigenvalue weighted by Crippen LogP contribution is -2.26. The van der Waals surface area contributed by atoms with Gasteiger partial charge in [0.05, 0.1) is 26.3 Å². The lowest BCUT2D eigenvalue weighted by Gasteiger charge is -2.16. The lowest BCUT2D eigenvalue weighted by atomic mass is 10.1. The number of halogens is 1. The van der Waals surface area contributed by atoms with Gasteiger partial charge in [0, 0.05) is 13.1 Å². The summed E-state index contributed by atoms with van der Waals surface area (Å²) in [6.45, 7) is 1.71. The predicted molar refractivity (Wildman–Crippen MR) is 83.5 cm³/mol. The van der Waals surface area contributed by atoms with Crippen LogP contribution in [0.25, 0.3) is 0 Å². The summed E-state index contributed by atoms with van der Waals surface area (Å²) in [6, 6.07) is 5.53. The van der Waals surface area contributed by atoms with Crippen LogP contribution in [0.15, 0.2) is 28.7 Å². The molecule has 1 aromatic carbocycles. The Balaban J connectivity index is 2.16. The molecule has 2 rings (SSSR count). The van der Waals surface area contributed by atoms with Crippen LogP contribution in [0, 0.1) is 12.7 Å². The molecule has 6 nitrogen and oxygen atoms in total. The molecule has 1 aromatic heterocycles. The molecule has 0 bridgehead atoms. The largest absolute Gasteiger partial charge is 0.497 e. The highest BCUT2D eigenvalue weighted by atomic mass is 19.1. The van der Waals surface area contributed by atoms with E-state index in [-0.39, 0.29) is 12.1 Å². The Kier molecular flexibility index (Phi) is 5.23. The molecule has 128 valence electrons. The van der Waals surface area contributed by atoms with E-state index in [1.54, 1.807) is 6.92 Å². The molecule has 0 atom stereocenters. The molecule has 0 saturated carbocycles. The van der Waals surface area contributed by atoms with Gasteiger partial charge in [-0.2, -0.15) is 0 Å². The number of hydrogen-bond acceptors (Lipinski definition) is 5. The van der Waals surface area contributed by atoms with Crippen LogP contribution in [0.1, 0.15) is 32.2 Å². The molecule has 0 saturated heterocycles. The molecule has 0 aliphatic heterocycles. The van der Waals surface area contributed by atoms with E-state index in [0.29, 0.717) is 22.8 Å². The molecule has 24 heavy (non-hydrogen) atoms. The number of methoxy groups -OCH3 is 2. The highest BCUT2D eigenvalue weighted by molar-refractivity contribution is 5.94. The summed E-state index contributed by atoms with van der Waals surface area (Å²) in [5.74, 6) is -0.569. The number of benzene rings is 1. The van der Waals surface area contributed by atoms with E-state index in [4.69, 9.17) is 9.15 Å². The Morgan fingerprint density at radius 2 is 1.92 bits per heavy atom. The number of hydrogen-bond donors (Lipinski definition) is 0. The van der Waals surface area contributed by atoms with Gasteiger partial charge in [-0.25, -0.2) is 9.18 Å². The molecule has 0 spiro atoms. The highest BCUT2D eigenvalue weighted by Crippen LogP contribution is 2.20. The maximum atomic E-state index is 14.0. The molecule has 0 aliphatic carbocycles. The smallest absolute Gasteiger partial charge is 0.341 e. The first kappa shape index (κ1) is 17.5. The van der Waals surface area contributed by atoms with Crippen molar-refractivity contribution in [3.8, 4) is 5.75 Å². The van der Waals surface area contributed by atoms with Gasteiger partial charge in [-0.3, -0.25) is 4.79 Å². The van der Waals surface area contributed by atoms with Gasteiger partial charge in [0.25, 0.3) is 5.91 Å². The maximum Gasteiger partial charge on any atom is 0.341 e. The predicted octanol–water partition coefficient (Wildman–Crippen LogP) is 2.79. The zero-order chi connectivity index (χ0) is 17.9. The molecule has 1 heterocycles. The number of carbonyl (C=O) groups is 2. The number of aryl methyl sites for hydroxylation is 1. The van der Waals surface area contributed by atoms with Crippen molar-refractivity contribution in [1.29, 1.82) is 0 Å². The molecule has 0 radical (unpaired) electrons. The summed E-state index contributed by atoms with van der Waals surface area (Å²) in [7, 11) is 4.21. The van der Waals surface area contributed by atoms with E-state index < -0.39 is 17.7 Å². The number of carbonyl (C=O) groups excluding carboxylic acids is 2. The van der Waals surface area contributed by atoms with E-state index in [0.717, 1.165) is 6.07 Å². The quantitative estimate of drug-likeness (QED) is 0.786. The highest BCUT2D eigenvalue weighted by Gasteiger charge is 2.20. The summed E-state index contributed by atoms with van der Waals surface area (Å²) >= 11 is 0. The fraction of sp³-hybridized carbons (Fsp3) is 0.294. The molecular formula is C17H18FNO5. The van der Waals surface area contributed by atoms with Crippen molar-refractivity contribution in [2.75, 3.05) is 21.3 Å². The van der Waals surface area contributed by atoms with Crippen molar-refractivity contribution in [2.24, 2.45) is 0 Å². The Bertz CT molecular complexity index is 768. The van der Waals surface area contributed by atoms with Crippen LogP contribution >= 0.6 is 0 Å². The van der Waals surface area contributed by atoms with Gasteiger partial charge < -0.3 is 18.8 Å². The normalized spacial score (nSPS) is 10.4. The van der Waals surface area contributed by atoms with Gasteiger partial charge in [0.15, 0.2) is 0 Å². The van der Waals surface area contributed by atoms with Crippen LogP contribution in [0.2, 0.25) is 0 Å². The van der Waals surface area contributed by atoms with Gasteiger partial charge in [0.2, 0.25) is 0 Å².